The van der Waals surface area contributed by atoms with Crippen LogP contribution in [0.5, 0.6) is 0 Å². The summed E-state index contributed by atoms with van der Waals surface area (Å²) in [5, 5.41) is -0.0902. The van der Waals surface area contributed by atoms with Gasteiger partial charge in [0, 0.05) is 32.4 Å². The second kappa shape index (κ2) is 28.2. The van der Waals surface area contributed by atoms with E-state index in [9.17, 15) is 9.59 Å². The van der Waals surface area contributed by atoms with Gasteiger partial charge in [-0.25, -0.2) is 0 Å². The van der Waals surface area contributed by atoms with Gasteiger partial charge in [0.1, 0.15) is 0 Å². The van der Waals surface area contributed by atoms with Gasteiger partial charge in [0.2, 0.25) is 10.2 Å². The van der Waals surface area contributed by atoms with Crippen LogP contribution >= 0.6 is 88.7 Å². The molecular formula is C20H45N3O5S8Si. The minimum absolute atomic E-state index is 0.0451. The zero-order valence-electron chi connectivity index (χ0n) is 22.9. The highest BCUT2D eigenvalue weighted by Crippen LogP contribution is 2.44. The molecule has 0 fully saturated rings. The van der Waals surface area contributed by atoms with Gasteiger partial charge in [0.15, 0.2) is 0 Å². The van der Waals surface area contributed by atoms with Gasteiger partial charge in [0.05, 0.1) is 12.1 Å². The van der Waals surface area contributed by atoms with E-state index in [0.717, 1.165) is 45.7 Å². The van der Waals surface area contributed by atoms with Gasteiger partial charge in [-0.05, 0) is 111 Å². The lowest BCUT2D eigenvalue weighted by Crippen LogP contribution is -2.47. The Kier molecular flexibility index (Phi) is 31.5. The quantitative estimate of drug-likeness (QED) is 0.0618. The molecule has 0 amide bonds. The first-order valence-electron chi connectivity index (χ1n) is 11.7. The fourth-order valence-electron chi connectivity index (χ4n) is 2.43. The van der Waals surface area contributed by atoms with Crippen molar-refractivity contribution in [1.29, 1.82) is 0 Å². The Balaban J connectivity index is 0. The standard InChI is InChI=1S/C10H20N2O2S6.C10H25NO3S2Si/c1-15-5-3-7(11)9(13)17-19-20-18-10(14)8(12)4-6-16-2;1-6-12-17(13-7-2,14-8-3)10-9-11(15-4)16-5/h7-8H,3-6,11-12H2,1-2H3;6-10H2,1-5H3/t7-,8-;/m0./s1. The van der Waals surface area contributed by atoms with Gasteiger partial charge in [-0.3, -0.25) is 9.59 Å². The fourth-order valence-corrected chi connectivity index (χ4v) is 12.6. The maximum absolute atomic E-state index is 11.6. The summed E-state index contributed by atoms with van der Waals surface area (Å²) in [6.45, 7) is 8.80. The van der Waals surface area contributed by atoms with Crippen molar-refractivity contribution in [2.75, 3.05) is 62.9 Å². The van der Waals surface area contributed by atoms with Crippen LogP contribution in [0.2, 0.25) is 6.04 Å². The summed E-state index contributed by atoms with van der Waals surface area (Å²) < 4.78 is 19.6. The first kappa shape index (κ1) is 41.3. The summed E-state index contributed by atoms with van der Waals surface area (Å²) in [7, 11) is 2.27. The third-order valence-corrected chi connectivity index (χ3v) is 16.5. The molecule has 2 atom stereocenters. The monoisotopic (exact) mass is 691 g/mol. The lowest BCUT2D eigenvalue weighted by atomic mass is 10.3. The van der Waals surface area contributed by atoms with E-state index in [1.54, 1.807) is 47.4 Å². The number of carbonyl (C=O) groups is 2. The number of hydrogen-bond acceptors (Lipinski definition) is 16. The van der Waals surface area contributed by atoms with Crippen LogP contribution in [-0.2, 0) is 22.9 Å². The molecule has 4 N–H and O–H groups in total. The van der Waals surface area contributed by atoms with E-state index in [1.165, 1.54) is 19.7 Å². The summed E-state index contributed by atoms with van der Waals surface area (Å²) in [5.41, 5.74) is 11.5. The highest BCUT2D eigenvalue weighted by Gasteiger charge is 2.40. The highest BCUT2D eigenvalue weighted by molar-refractivity contribution is 9.28. The molecule has 222 valence electrons. The van der Waals surface area contributed by atoms with E-state index in [-0.39, 0.29) is 10.2 Å². The maximum atomic E-state index is 11.6. The molecule has 0 bridgehead atoms. The maximum Gasteiger partial charge on any atom is 0.502 e. The number of thioether (sulfide) groups is 2. The Morgan fingerprint density at radius 1 is 0.757 bits per heavy atom. The average Bonchev–Trinajstić information content (AvgIpc) is 2.89. The normalized spacial score (nSPS) is 13.2. The Bertz CT molecular complexity index is 529. The van der Waals surface area contributed by atoms with Crippen LogP contribution in [0.25, 0.3) is 0 Å². The van der Waals surface area contributed by atoms with Crippen LogP contribution in [0.4, 0.5) is 0 Å². The van der Waals surface area contributed by atoms with Gasteiger partial charge in [-0.1, -0.05) is 23.9 Å². The van der Waals surface area contributed by atoms with E-state index in [1.807, 2.05) is 33.3 Å². The van der Waals surface area contributed by atoms with Gasteiger partial charge >= 0.3 is 8.80 Å². The topological polar surface area (TPSA) is 117 Å². The van der Waals surface area contributed by atoms with Crippen LogP contribution in [-0.4, -0.2) is 97.7 Å². The second-order valence-corrected chi connectivity index (χ2v) is 19.1. The van der Waals surface area contributed by atoms with Gasteiger partial charge in [0.25, 0.3) is 0 Å². The lowest BCUT2D eigenvalue weighted by Gasteiger charge is -2.29. The molecule has 0 aromatic rings. The molecule has 0 aliphatic carbocycles. The molecule has 8 nitrogen and oxygen atoms in total. The largest absolute Gasteiger partial charge is 0.502 e. The Morgan fingerprint density at radius 2 is 1.14 bits per heavy atom. The Morgan fingerprint density at radius 3 is 1.43 bits per heavy atom. The molecule has 0 rings (SSSR count). The molecular weight excluding hydrogens is 647 g/mol. The van der Waals surface area contributed by atoms with Crippen LogP contribution < -0.4 is 11.5 Å². The molecule has 0 heterocycles. The lowest BCUT2D eigenvalue weighted by molar-refractivity contribution is -0.112. The third-order valence-electron chi connectivity index (χ3n) is 4.23. The van der Waals surface area contributed by atoms with Crippen molar-refractivity contribution >= 4 is 108 Å². The number of rotatable bonds is 22. The van der Waals surface area contributed by atoms with E-state index in [4.69, 9.17) is 24.7 Å². The zero-order valence-corrected chi connectivity index (χ0v) is 30.5. The van der Waals surface area contributed by atoms with Gasteiger partial charge in [-0.2, -0.15) is 27.2 Å². The molecule has 0 saturated carbocycles. The predicted octanol–water partition coefficient (Wildman–Crippen LogP) is 5.77. The molecule has 0 spiro atoms. The third kappa shape index (κ3) is 22.4. The van der Waals surface area contributed by atoms with E-state index >= 15 is 0 Å². The van der Waals surface area contributed by atoms with Crippen molar-refractivity contribution in [3.05, 3.63) is 0 Å². The first-order valence-corrected chi connectivity index (χ1v) is 23.6. The predicted molar refractivity (Wildman–Crippen MR) is 182 cm³/mol. The molecule has 0 saturated heterocycles. The smallest absolute Gasteiger partial charge is 0.374 e. The minimum atomic E-state index is -2.46. The van der Waals surface area contributed by atoms with Crippen molar-refractivity contribution in [3.63, 3.8) is 0 Å². The molecule has 17 heteroatoms. The van der Waals surface area contributed by atoms with Gasteiger partial charge in [-0.15, -0.1) is 0 Å². The number of nitrogens with two attached hydrogens (primary N) is 2. The summed E-state index contributed by atoms with van der Waals surface area (Å²) in [6, 6.07) is -0.0142. The highest BCUT2D eigenvalue weighted by atomic mass is 33.7. The average molecular weight is 692 g/mol. The van der Waals surface area contributed by atoms with Crippen LogP contribution in [0.1, 0.15) is 33.6 Å². The van der Waals surface area contributed by atoms with Gasteiger partial charge < -0.3 is 24.7 Å². The summed E-state index contributed by atoms with van der Waals surface area (Å²) in [5.74, 6) is 1.76. The molecule has 0 aromatic heterocycles. The van der Waals surface area contributed by atoms with Crippen molar-refractivity contribution < 1.29 is 22.9 Å². The van der Waals surface area contributed by atoms with Crippen molar-refractivity contribution in [2.24, 2.45) is 11.5 Å². The minimum Gasteiger partial charge on any atom is -0.374 e. The molecule has 0 aliphatic heterocycles. The van der Waals surface area contributed by atoms with Crippen molar-refractivity contribution in [1.82, 2.24) is 3.71 Å². The van der Waals surface area contributed by atoms with Crippen molar-refractivity contribution in [3.8, 4) is 0 Å². The summed E-state index contributed by atoms with van der Waals surface area (Å²) >= 11 is 6.78. The summed E-state index contributed by atoms with van der Waals surface area (Å²) in [6.07, 6.45) is 9.48. The number of nitrogens with zero attached hydrogens (tertiary/aromatic N) is 1. The molecule has 0 aliphatic rings. The zero-order chi connectivity index (χ0) is 28.5. The van der Waals surface area contributed by atoms with Crippen LogP contribution in [0.15, 0.2) is 0 Å². The Hall–Kier alpha value is 2.12. The second-order valence-electron chi connectivity index (χ2n) is 6.87. The molecule has 0 unspecified atom stereocenters. The number of hydrogen-bond donors (Lipinski definition) is 2. The molecule has 0 aromatic carbocycles. The van der Waals surface area contributed by atoms with E-state index in [2.05, 4.69) is 16.2 Å². The van der Waals surface area contributed by atoms with Crippen LogP contribution in [0, 0.1) is 0 Å². The fraction of sp³-hybridized carbons (Fsp3) is 0.900. The van der Waals surface area contributed by atoms with E-state index in [0.29, 0.717) is 32.7 Å². The van der Waals surface area contributed by atoms with Crippen LogP contribution in [0.3, 0.4) is 0 Å². The molecule has 37 heavy (non-hydrogen) atoms. The Labute approximate surface area is 258 Å². The number of carbonyl (C=O) groups excluding carboxylic acids is 2. The first-order chi connectivity index (χ1) is 17.7. The molecule has 0 radical (unpaired) electrons. The van der Waals surface area contributed by atoms with E-state index < -0.39 is 20.9 Å². The summed E-state index contributed by atoms with van der Waals surface area (Å²) in [4.78, 5) is 23.3. The van der Waals surface area contributed by atoms with Crippen molar-refractivity contribution in [2.45, 2.75) is 51.7 Å². The SMILES string of the molecule is CCO[Si](CCN(SC)SC)(OCC)OCC.CSCC[C@H](N)C(=O)SSSSC(=O)[C@@H](N)CCSC.